The molecule has 0 aliphatic heterocycles. The predicted octanol–water partition coefficient (Wildman–Crippen LogP) is 0.950. The number of rotatable bonds is 3. The molecule has 7 heavy (non-hydrogen) atoms. The van der Waals surface area contributed by atoms with Crippen LogP contribution in [0.1, 0.15) is 6.92 Å². The molecule has 0 aromatic rings. The lowest BCUT2D eigenvalue weighted by Crippen LogP contribution is -1.94. The van der Waals surface area contributed by atoms with E-state index in [1.165, 1.54) is 0 Å². The Hall–Kier alpha value is -0.0800. The third-order valence-electron chi connectivity index (χ3n) is 0.375. The first-order valence-corrected chi connectivity index (χ1v) is 2.29. The van der Waals surface area contributed by atoms with Crippen molar-refractivity contribution < 1.29 is 9.53 Å². The molecule has 0 heterocycles. The van der Waals surface area contributed by atoms with Gasteiger partial charge in [-0.1, -0.05) is 11.6 Å². The molecule has 0 rings (SSSR count). The van der Waals surface area contributed by atoms with Gasteiger partial charge in [0.2, 0.25) is 5.56 Å². The summed E-state index contributed by atoms with van der Waals surface area (Å²) in [6, 6.07) is 0. The molecule has 0 amide bonds. The van der Waals surface area contributed by atoms with Gasteiger partial charge in [-0.15, -0.1) is 0 Å². The molecule has 2 nitrogen and oxygen atoms in total. The van der Waals surface area contributed by atoms with Crippen LogP contribution < -0.4 is 0 Å². The molecule has 1 radical (unpaired) electrons. The van der Waals surface area contributed by atoms with Crippen molar-refractivity contribution >= 4 is 17.9 Å². The highest BCUT2D eigenvalue weighted by Crippen LogP contribution is 2.01. The second-order valence-electron chi connectivity index (χ2n) is 0.855. The van der Waals surface area contributed by atoms with E-state index in [0.29, 0.717) is 12.9 Å². The van der Waals surface area contributed by atoms with Crippen molar-refractivity contribution in [3.05, 3.63) is 5.56 Å². The van der Waals surface area contributed by atoms with E-state index in [1.807, 2.05) is 0 Å². The standard InChI is InChI=1S/C4H6ClO2/c1-2-7-4(5)3-6/h3H,2H2,1H3. The molecular formula is C4H6ClO2. The lowest BCUT2D eigenvalue weighted by Gasteiger charge is -1.94. The van der Waals surface area contributed by atoms with E-state index in [1.54, 1.807) is 6.92 Å². The molecule has 0 bridgehead atoms. The Bertz CT molecular complexity index is 55.7. The van der Waals surface area contributed by atoms with Crippen molar-refractivity contribution in [2.45, 2.75) is 6.92 Å². The van der Waals surface area contributed by atoms with Crippen LogP contribution in [0.25, 0.3) is 0 Å². The minimum absolute atomic E-state index is 0.0810. The molecule has 0 aliphatic rings. The maximum absolute atomic E-state index is 9.60. The summed E-state index contributed by atoms with van der Waals surface area (Å²) in [4.78, 5) is 9.60. The van der Waals surface area contributed by atoms with E-state index in [-0.39, 0.29) is 5.56 Å². The first kappa shape index (κ1) is 6.92. The molecule has 0 spiro atoms. The highest BCUT2D eigenvalue weighted by molar-refractivity contribution is 6.33. The molecule has 0 unspecified atom stereocenters. The average Bonchev–Trinajstić information content (AvgIpc) is 1.68. The zero-order chi connectivity index (χ0) is 5.70. The fourth-order valence-electron chi connectivity index (χ4n) is 0.172. The fraction of sp³-hybridized carbons (Fsp3) is 0.500. The summed E-state index contributed by atoms with van der Waals surface area (Å²) >= 11 is 5.09. The molecule has 0 aromatic carbocycles. The summed E-state index contributed by atoms with van der Waals surface area (Å²) in [7, 11) is 0. The van der Waals surface area contributed by atoms with Gasteiger partial charge in [0.25, 0.3) is 0 Å². The summed E-state index contributed by atoms with van der Waals surface area (Å²) in [6.07, 6.45) is 0.463. The van der Waals surface area contributed by atoms with Gasteiger partial charge in [0.1, 0.15) is 0 Å². The Kier molecular flexibility index (Phi) is 4.04. The van der Waals surface area contributed by atoms with Gasteiger partial charge in [0.05, 0.1) is 0 Å². The monoisotopic (exact) mass is 121 g/mol. The Labute approximate surface area is 47.4 Å². The van der Waals surface area contributed by atoms with Crippen LogP contribution in [0.2, 0.25) is 0 Å². The summed E-state index contributed by atoms with van der Waals surface area (Å²) < 4.78 is 4.51. The molecule has 0 aliphatic carbocycles. The van der Waals surface area contributed by atoms with Crippen LogP contribution in [-0.4, -0.2) is 12.9 Å². The number of carbonyl (C=O) groups excluding carboxylic acids is 1. The number of halogens is 1. The minimum atomic E-state index is -0.0810. The maximum atomic E-state index is 9.60. The maximum Gasteiger partial charge on any atom is 0.247 e. The zero-order valence-corrected chi connectivity index (χ0v) is 4.73. The number of carbonyl (C=O) groups is 1. The second kappa shape index (κ2) is 4.09. The summed E-state index contributed by atoms with van der Waals surface area (Å²) in [6.45, 7) is 2.20. The molecule has 0 N–H and O–H groups in total. The Balaban J connectivity index is 2.98. The van der Waals surface area contributed by atoms with E-state index in [2.05, 4.69) is 4.74 Å². The van der Waals surface area contributed by atoms with Crippen LogP contribution in [0.15, 0.2) is 0 Å². The highest BCUT2D eigenvalue weighted by atomic mass is 35.5. The van der Waals surface area contributed by atoms with Gasteiger partial charge in [-0.3, -0.25) is 4.79 Å². The van der Waals surface area contributed by atoms with Gasteiger partial charge in [-0.05, 0) is 6.92 Å². The number of ether oxygens (including phenoxy) is 1. The van der Waals surface area contributed by atoms with Gasteiger partial charge in [-0.25, -0.2) is 0 Å². The second-order valence-corrected chi connectivity index (χ2v) is 1.23. The van der Waals surface area contributed by atoms with Crippen LogP contribution in [0.4, 0.5) is 0 Å². The van der Waals surface area contributed by atoms with Crippen LogP contribution >= 0.6 is 11.6 Å². The van der Waals surface area contributed by atoms with E-state index in [0.717, 1.165) is 0 Å². The van der Waals surface area contributed by atoms with Crippen LogP contribution in [0.3, 0.4) is 0 Å². The lowest BCUT2D eigenvalue weighted by molar-refractivity contribution is -0.109. The van der Waals surface area contributed by atoms with Crippen molar-refractivity contribution in [2.24, 2.45) is 0 Å². The van der Waals surface area contributed by atoms with Gasteiger partial charge in [-0.2, -0.15) is 0 Å². The topological polar surface area (TPSA) is 26.3 Å². The molecule has 0 saturated carbocycles. The Morgan fingerprint density at radius 2 is 2.57 bits per heavy atom. The third-order valence-corrected chi connectivity index (χ3v) is 0.573. The molecule has 0 aromatic heterocycles. The van der Waals surface area contributed by atoms with Crippen LogP contribution in [0, 0.1) is 5.56 Å². The van der Waals surface area contributed by atoms with E-state index < -0.39 is 0 Å². The highest BCUT2D eigenvalue weighted by Gasteiger charge is 1.98. The smallest absolute Gasteiger partial charge is 0.247 e. The van der Waals surface area contributed by atoms with Crippen molar-refractivity contribution in [3.63, 3.8) is 0 Å². The van der Waals surface area contributed by atoms with Crippen molar-refractivity contribution in [2.75, 3.05) is 6.61 Å². The third kappa shape index (κ3) is 3.76. The van der Waals surface area contributed by atoms with Gasteiger partial charge in [0, 0.05) is 6.61 Å². The quantitative estimate of drug-likeness (QED) is 0.520. The van der Waals surface area contributed by atoms with Crippen LogP contribution in [0.5, 0.6) is 0 Å². The van der Waals surface area contributed by atoms with E-state index in [4.69, 9.17) is 11.6 Å². The van der Waals surface area contributed by atoms with Crippen molar-refractivity contribution in [1.29, 1.82) is 0 Å². The van der Waals surface area contributed by atoms with Crippen molar-refractivity contribution in [1.82, 2.24) is 0 Å². The predicted molar refractivity (Wildman–Crippen MR) is 26.8 cm³/mol. The molecular weight excluding hydrogens is 115 g/mol. The summed E-state index contributed by atoms with van der Waals surface area (Å²) in [5, 5.41) is 0. The molecule has 0 saturated heterocycles. The SMILES string of the molecule is CCO[C](Cl)C=O. The van der Waals surface area contributed by atoms with Gasteiger partial charge >= 0.3 is 0 Å². The van der Waals surface area contributed by atoms with Gasteiger partial charge in [0.15, 0.2) is 6.29 Å². The Morgan fingerprint density at radius 3 is 2.71 bits per heavy atom. The normalized spacial score (nSPS) is 9.57. The number of aldehydes is 1. The number of hydrogen-bond donors (Lipinski definition) is 0. The first-order chi connectivity index (χ1) is 3.31. The van der Waals surface area contributed by atoms with Crippen molar-refractivity contribution in [3.8, 4) is 0 Å². The molecule has 0 atom stereocenters. The lowest BCUT2D eigenvalue weighted by atomic mass is 10.8. The Morgan fingerprint density at radius 1 is 2.00 bits per heavy atom. The van der Waals surface area contributed by atoms with E-state index in [9.17, 15) is 4.79 Å². The van der Waals surface area contributed by atoms with Crippen LogP contribution in [-0.2, 0) is 9.53 Å². The van der Waals surface area contributed by atoms with Gasteiger partial charge < -0.3 is 4.74 Å². The summed E-state index contributed by atoms with van der Waals surface area (Å²) in [5.41, 5.74) is -0.0810. The largest absolute Gasteiger partial charge is 0.350 e. The molecule has 41 valence electrons. The fourth-order valence-corrected chi connectivity index (χ4v) is 0.281. The molecule has 0 fully saturated rings. The number of hydrogen-bond acceptors (Lipinski definition) is 2. The zero-order valence-electron chi connectivity index (χ0n) is 3.98. The average molecular weight is 122 g/mol. The summed E-state index contributed by atoms with van der Waals surface area (Å²) in [5.74, 6) is 0. The molecule has 3 heteroatoms. The first-order valence-electron chi connectivity index (χ1n) is 1.91. The minimum Gasteiger partial charge on any atom is -0.350 e. The van der Waals surface area contributed by atoms with E-state index >= 15 is 0 Å².